The van der Waals surface area contributed by atoms with E-state index < -0.39 is 0 Å². The third-order valence-corrected chi connectivity index (χ3v) is 3.51. The number of carbonyl (C=O) groups excluding carboxylic acids is 1. The summed E-state index contributed by atoms with van der Waals surface area (Å²) in [6, 6.07) is 2.30. The molecule has 1 aliphatic carbocycles. The first-order valence-electron chi connectivity index (χ1n) is 5.39. The maximum atomic E-state index is 12.1. The molecule has 0 spiro atoms. The van der Waals surface area contributed by atoms with Crippen LogP contribution in [-0.4, -0.2) is 28.4 Å². The van der Waals surface area contributed by atoms with Crippen molar-refractivity contribution in [3.05, 3.63) is 16.6 Å². The molecule has 84 valence electrons. The van der Waals surface area contributed by atoms with Crippen molar-refractivity contribution in [3.63, 3.8) is 0 Å². The molecule has 16 heavy (non-hydrogen) atoms. The van der Waals surface area contributed by atoms with Gasteiger partial charge in [-0.1, -0.05) is 12.8 Å². The van der Waals surface area contributed by atoms with E-state index in [0.717, 1.165) is 25.7 Å². The molecule has 1 saturated carbocycles. The Hall–Kier alpha value is -1.41. The second-order valence-corrected chi connectivity index (χ2v) is 4.62. The van der Waals surface area contributed by atoms with Crippen LogP contribution in [-0.2, 0) is 0 Å². The quantitative estimate of drug-likeness (QED) is 0.753. The molecule has 1 heterocycles. The molecule has 1 aliphatic rings. The standard InChI is InChI=1S/C11H13N3OS/c12-5-6-14(9-3-1-2-4-9)11(15)10-7-16-8-13-10/h7-9H,1-4,6H2. The van der Waals surface area contributed by atoms with Gasteiger partial charge in [-0.15, -0.1) is 11.3 Å². The van der Waals surface area contributed by atoms with Gasteiger partial charge in [-0.2, -0.15) is 5.26 Å². The first-order chi connectivity index (χ1) is 7.83. The van der Waals surface area contributed by atoms with Crippen LogP contribution < -0.4 is 0 Å². The minimum absolute atomic E-state index is 0.102. The van der Waals surface area contributed by atoms with Gasteiger partial charge >= 0.3 is 0 Å². The predicted molar refractivity (Wildman–Crippen MR) is 61.0 cm³/mol. The van der Waals surface area contributed by atoms with Crippen LogP contribution in [0.25, 0.3) is 0 Å². The summed E-state index contributed by atoms with van der Waals surface area (Å²) in [5, 5.41) is 10.5. The summed E-state index contributed by atoms with van der Waals surface area (Å²) >= 11 is 1.40. The molecule has 2 rings (SSSR count). The third kappa shape index (κ3) is 2.22. The Bertz CT molecular complexity index is 390. The highest BCUT2D eigenvalue weighted by Gasteiger charge is 2.27. The number of amides is 1. The molecule has 5 heteroatoms. The second kappa shape index (κ2) is 5.08. The smallest absolute Gasteiger partial charge is 0.274 e. The summed E-state index contributed by atoms with van der Waals surface area (Å²) < 4.78 is 0. The van der Waals surface area contributed by atoms with Gasteiger partial charge in [0.15, 0.2) is 0 Å². The number of nitrogens with zero attached hydrogens (tertiary/aromatic N) is 3. The van der Waals surface area contributed by atoms with Crippen LogP contribution in [0.15, 0.2) is 10.9 Å². The van der Waals surface area contributed by atoms with Gasteiger partial charge in [0.25, 0.3) is 5.91 Å². The zero-order chi connectivity index (χ0) is 11.4. The predicted octanol–water partition coefficient (Wildman–Crippen LogP) is 2.05. The van der Waals surface area contributed by atoms with Gasteiger partial charge in [0, 0.05) is 11.4 Å². The van der Waals surface area contributed by atoms with E-state index in [0.29, 0.717) is 5.69 Å². The molecule has 1 aromatic rings. The van der Waals surface area contributed by atoms with Gasteiger partial charge in [-0.3, -0.25) is 4.79 Å². The van der Waals surface area contributed by atoms with Crippen LogP contribution >= 0.6 is 11.3 Å². The van der Waals surface area contributed by atoms with Crippen LogP contribution in [0.3, 0.4) is 0 Å². The molecule has 0 radical (unpaired) electrons. The molecule has 0 bridgehead atoms. The van der Waals surface area contributed by atoms with E-state index in [2.05, 4.69) is 11.1 Å². The molecular formula is C11H13N3OS. The van der Waals surface area contributed by atoms with E-state index in [1.165, 1.54) is 11.3 Å². The highest BCUT2D eigenvalue weighted by atomic mass is 32.1. The fourth-order valence-corrected chi connectivity index (χ4v) is 2.65. The fraction of sp³-hybridized carbons (Fsp3) is 0.545. The maximum Gasteiger partial charge on any atom is 0.274 e. The van der Waals surface area contributed by atoms with Gasteiger partial charge in [0.1, 0.15) is 12.2 Å². The van der Waals surface area contributed by atoms with Gasteiger partial charge in [0.2, 0.25) is 0 Å². The third-order valence-electron chi connectivity index (χ3n) is 2.92. The molecule has 0 aliphatic heterocycles. The first-order valence-corrected chi connectivity index (χ1v) is 6.33. The van der Waals surface area contributed by atoms with Gasteiger partial charge < -0.3 is 4.90 Å². The summed E-state index contributed by atoms with van der Waals surface area (Å²) in [5.74, 6) is -0.102. The van der Waals surface area contributed by atoms with E-state index in [1.807, 2.05) is 0 Å². The average molecular weight is 235 g/mol. The monoisotopic (exact) mass is 235 g/mol. The lowest BCUT2D eigenvalue weighted by Crippen LogP contribution is -2.39. The Morgan fingerprint density at radius 2 is 2.38 bits per heavy atom. The molecule has 0 atom stereocenters. The second-order valence-electron chi connectivity index (χ2n) is 3.90. The number of hydrogen-bond donors (Lipinski definition) is 0. The minimum atomic E-state index is -0.102. The number of carbonyl (C=O) groups is 1. The van der Waals surface area contributed by atoms with Crippen LogP contribution in [0, 0.1) is 11.3 Å². The number of rotatable bonds is 3. The zero-order valence-electron chi connectivity index (χ0n) is 8.93. The van der Waals surface area contributed by atoms with Crippen LogP contribution in [0.2, 0.25) is 0 Å². The van der Waals surface area contributed by atoms with E-state index in [1.54, 1.807) is 15.8 Å². The lowest BCUT2D eigenvalue weighted by Gasteiger charge is -2.25. The molecule has 0 saturated heterocycles. The van der Waals surface area contributed by atoms with E-state index in [-0.39, 0.29) is 18.5 Å². The van der Waals surface area contributed by atoms with E-state index in [9.17, 15) is 4.79 Å². The van der Waals surface area contributed by atoms with Crippen molar-refractivity contribution in [3.8, 4) is 6.07 Å². The Kier molecular flexibility index (Phi) is 3.52. The summed E-state index contributed by atoms with van der Waals surface area (Å²) in [6.45, 7) is 0.168. The van der Waals surface area contributed by atoms with Crippen molar-refractivity contribution in [2.75, 3.05) is 6.54 Å². The lowest BCUT2D eigenvalue weighted by atomic mass is 10.2. The largest absolute Gasteiger partial charge is 0.321 e. The highest BCUT2D eigenvalue weighted by Crippen LogP contribution is 2.24. The van der Waals surface area contributed by atoms with Gasteiger partial charge in [-0.05, 0) is 12.8 Å². The fourth-order valence-electron chi connectivity index (χ4n) is 2.12. The zero-order valence-corrected chi connectivity index (χ0v) is 9.74. The van der Waals surface area contributed by atoms with Crippen LogP contribution in [0.5, 0.6) is 0 Å². The number of aromatic nitrogens is 1. The number of thiazole rings is 1. The minimum Gasteiger partial charge on any atom is -0.321 e. The van der Waals surface area contributed by atoms with Crippen molar-refractivity contribution in [1.82, 2.24) is 9.88 Å². The van der Waals surface area contributed by atoms with Gasteiger partial charge in [-0.25, -0.2) is 4.98 Å². The summed E-state index contributed by atoms with van der Waals surface area (Å²) in [4.78, 5) is 17.8. The molecule has 0 unspecified atom stereocenters. The van der Waals surface area contributed by atoms with Gasteiger partial charge in [0.05, 0.1) is 11.6 Å². The van der Waals surface area contributed by atoms with Crippen molar-refractivity contribution in [2.45, 2.75) is 31.7 Å². The molecule has 1 fully saturated rings. The van der Waals surface area contributed by atoms with Crippen LogP contribution in [0.1, 0.15) is 36.2 Å². The Morgan fingerprint density at radius 1 is 1.62 bits per heavy atom. The van der Waals surface area contributed by atoms with Crippen molar-refractivity contribution in [2.24, 2.45) is 0 Å². The molecule has 1 amide bonds. The first kappa shape index (κ1) is 11.1. The SMILES string of the molecule is N#CCN(C(=O)c1cscn1)C1CCCC1. The van der Waals surface area contributed by atoms with Crippen molar-refractivity contribution in [1.29, 1.82) is 5.26 Å². The van der Waals surface area contributed by atoms with E-state index in [4.69, 9.17) is 5.26 Å². The molecule has 0 N–H and O–H groups in total. The topological polar surface area (TPSA) is 57.0 Å². The molecule has 4 nitrogen and oxygen atoms in total. The Morgan fingerprint density at radius 3 is 2.94 bits per heavy atom. The summed E-state index contributed by atoms with van der Waals surface area (Å²) in [5.41, 5.74) is 2.11. The van der Waals surface area contributed by atoms with Crippen molar-refractivity contribution >= 4 is 17.2 Å². The molecule has 1 aromatic heterocycles. The number of nitriles is 1. The number of hydrogen-bond acceptors (Lipinski definition) is 4. The maximum absolute atomic E-state index is 12.1. The molecule has 0 aromatic carbocycles. The average Bonchev–Trinajstić information content (AvgIpc) is 2.96. The normalized spacial score (nSPS) is 15.9. The summed E-state index contributed by atoms with van der Waals surface area (Å²) in [7, 11) is 0. The lowest BCUT2D eigenvalue weighted by molar-refractivity contribution is 0.0704. The Balaban J connectivity index is 2.13. The van der Waals surface area contributed by atoms with Crippen molar-refractivity contribution < 1.29 is 4.79 Å². The van der Waals surface area contributed by atoms with Crippen LogP contribution in [0.4, 0.5) is 0 Å². The molecular weight excluding hydrogens is 222 g/mol. The Labute approximate surface area is 98.5 Å². The highest BCUT2D eigenvalue weighted by molar-refractivity contribution is 7.07. The summed E-state index contributed by atoms with van der Waals surface area (Å²) in [6.07, 6.45) is 4.32. The van der Waals surface area contributed by atoms with E-state index >= 15 is 0 Å².